The van der Waals surface area contributed by atoms with E-state index in [2.05, 4.69) is 21.0 Å². The van der Waals surface area contributed by atoms with Crippen LogP contribution in [0, 0.1) is 0 Å². The van der Waals surface area contributed by atoms with Gasteiger partial charge in [-0.25, -0.2) is 5.48 Å². The highest BCUT2D eigenvalue weighted by Gasteiger charge is 2.24. The van der Waals surface area contributed by atoms with Gasteiger partial charge in [-0.3, -0.25) is 14.9 Å². The van der Waals surface area contributed by atoms with Crippen LogP contribution < -0.4 is 10.8 Å². The van der Waals surface area contributed by atoms with Crippen molar-refractivity contribution < 1.29 is 9.63 Å². The van der Waals surface area contributed by atoms with Crippen molar-refractivity contribution in [3.05, 3.63) is 11.9 Å². The van der Waals surface area contributed by atoms with Crippen LogP contribution in [0.1, 0.15) is 5.69 Å². The first-order valence-corrected chi connectivity index (χ1v) is 4.26. The number of hydrogen-bond acceptors (Lipinski definition) is 5. The van der Waals surface area contributed by atoms with E-state index in [9.17, 15) is 4.79 Å². The number of hydroxylamine groups is 1. The SMILES string of the molecule is Cn1ncc(CNC2CONC2=O)n1. The standard InChI is InChI=1S/C7H11N5O2/c1-12-9-3-5(10-12)2-8-6-4-14-11-7(6)13/h3,6,8H,2,4H2,1H3,(H,11,13). The van der Waals surface area contributed by atoms with Crippen molar-refractivity contribution in [1.29, 1.82) is 0 Å². The van der Waals surface area contributed by atoms with Crippen LogP contribution in [-0.2, 0) is 23.2 Å². The van der Waals surface area contributed by atoms with Crippen LogP contribution >= 0.6 is 0 Å². The molecule has 1 aromatic rings. The van der Waals surface area contributed by atoms with Crippen LogP contribution in [0.15, 0.2) is 6.20 Å². The molecule has 14 heavy (non-hydrogen) atoms. The Kier molecular flexibility index (Phi) is 2.42. The van der Waals surface area contributed by atoms with E-state index in [-0.39, 0.29) is 11.9 Å². The van der Waals surface area contributed by atoms with Crippen molar-refractivity contribution in [2.24, 2.45) is 7.05 Å². The molecule has 0 radical (unpaired) electrons. The van der Waals surface area contributed by atoms with Gasteiger partial charge in [-0.15, -0.1) is 0 Å². The summed E-state index contributed by atoms with van der Waals surface area (Å²) < 4.78 is 0. The van der Waals surface area contributed by atoms with E-state index in [1.54, 1.807) is 13.2 Å². The third-order valence-electron chi connectivity index (χ3n) is 1.92. The maximum atomic E-state index is 11.1. The van der Waals surface area contributed by atoms with E-state index in [4.69, 9.17) is 4.84 Å². The largest absolute Gasteiger partial charge is 0.298 e. The molecule has 7 heteroatoms. The average Bonchev–Trinajstić information content (AvgIpc) is 2.72. The first-order chi connectivity index (χ1) is 6.75. The molecule has 76 valence electrons. The van der Waals surface area contributed by atoms with Crippen LogP contribution in [0.2, 0.25) is 0 Å². The van der Waals surface area contributed by atoms with Crippen LogP contribution in [0.25, 0.3) is 0 Å². The van der Waals surface area contributed by atoms with E-state index < -0.39 is 0 Å². The summed E-state index contributed by atoms with van der Waals surface area (Å²) in [6.07, 6.45) is 1.65. The molecule has 1 unspecified atom stereocenters. The zero-order valence-corrected chi connectivity index (χ0v) is 7.73. The van der Waals surface area contributed by atoms with Gasteiger partial charge in [0.2, 0.25) is 0 Å². The quantitative estimate of drug-likeness (QED) is 0.606. The summed E-state index contributed by atoms with van der Waals surface area (Å²) in [7, 11) is 1.74. The van der Waals surface area contributed by atoms with Gasteiger partial charge in [0, 0.05) is 13.6 Å². The van der Waals surface area contributed by atoms with Gasteiger partial charge in [0.15, 0.2) is 0 Å². The van der Waals surface area contributed by atoms with Gasteiger partial charge in [0.25, 0.3) is 5.91 Å². The monoisotopic (exact) mass is 197 g/mol. The third-order valence-corrected chi connectivity index (χ3v) is 1.92. The lowest BCUT2D eigenvalue weighted by molar-refractivity contribution is -0.125. The minimum atomic E-state index is -0.294. The Hall–Kier alpha value is -1.47. The van der Waals surface area contributed by atoms with Gasteiger partial charge in [0.05, 0.1) is 18.5 Å². The highest BCUT2D eigenvalue weighted by atomic mass is 16.7. The number of rotatable bonds is 3. The van der Waals surface area contributed by atoms with Crippen molar-refractivity contribution in [2.75, 3.05) is 6.61 Å². The molecule has 1 aromatic heterocycles. The minimum Gasteiger partial charge on any atom is -0.298 e. The van der Waals surface area contributed by atoms with Crippen molar-refractivity contribution in [3.8, 4) is 0 Å². The summed E-state index contributed by atoms with van der Waals surface area (Å²) in [5.74, 6) is -0.145. The molecule has 0 aromatic carbocycles. The number of hydrogen-bond donors (Lipinski definition) is 2. The lowest BCUT2D eigenvalue weighted by Gasteiger charge is -2.04. The van der Waals surface area contributed by atoms with Crippen LogP contribution in [0.5, 0.6) is 0 Å². The van der Waals surface area contributed by atoms with Crippen LogP contribution in [0.4, 0.5) is 0 Å². The fraction of sp³-hybridized carbons (Fsp3) is 0.571. The molecular weight excluding hydrogens is 186 g/mol. The first-order valence-electron chi connectivity index (χ1n) is 4.26. The number of nitrogens with zero attached hydrogens (tertiary/aromatic N) is 3. The van der Waals surface area contributed by atoms with E-state index in [1.165, 1.54) is 4.80 Å². The van der Waals surface area contributed by atoms with Gasteiger partial charge in [-0.2, -0.15) is 15.0 Å². The van der Waals surface area contributed by atoms with Gasteiger partial charge in [-0.1, -0.05) is 0 Å². The van der Waals surface area contributed by atoms with E-state index in [1.807, 2.05) is 0 Å². The maximum Gasteiger partial charge on any atom is 0.263 e. The number of aryl methyl sites for hydroxylation is 1. The zero-order valence-electron chi connectivity index (χ0n) is 7.73. The number of carbonyl (C=O) groups is 1. The lowest BCUT2D eigenvalue weighted by Crippen LogP contribution is -2.37. The highest BCUT2D eigenvalue weighted by molar-refractivity contribution is 5.82. The molecule has 0 bridgehead atoms. The lowest BCUT2D eigenvalue weighted by atomic mass is 10.3. The molecule has 0 aliphatic carbocycles. The second-order valence-corrected chi connectivity index (χ2v) is 3.04. The second kappa shape index (κ2) is 3.72. The average molecular weight is 197 g/mol. The molecule has 7 nitrogen and oxygen atoms in total. The predicted molar refractivity (Wildman–Crippen MR) is 45.7 cm³/mol. The molecule has 1 atom stereocenters. The maximum absolute atomic E-state index is 11.1. The normalized spacial score (nSPS) is 21.2. The molecule has 2 N–H and O–H groups in total. The van der Waals surface area contributed by atoms with Gasteiger partial charge in [0.1, 0.15) is 6.04 Å². The number of carbonyl (C=O) groups excluding carboxylic acids is 1. The Balaban J connectivity index is 1.85. The van der Waals surface area contributed by atoms with Crippen LogP contribution in [-0.4, -0.2) is 33.5 Å². The first kappa shape index (κ1) is 9.10. The van der Waals surface area contributed by atoms with Crippen LogP contribution in [0.3, 0.4) is 0 Å². The van der Waals surface area contributed by atoms with Crippen molar-refractivity contribution in [3.63, 3.8) is 0 Å². The Morgan fingerprint density at radius 3 is 3.29 bits per heavy atom. The summed E-state index contributed by atoms with van der Waals surface area (Å²) in [4.78, 5) is 17.3. The van der Waals surface area contributed by atoms with Gasteiger partial charge >= 0.3 is 0 Å². The fourth-order valence-corrected chi connectivity index (χ4v) is 1.19. The molecule has 1 aliphatic heterocycles. The second-order valence-electron chi connectivity index (χ2n) is 3.04. The molecule has 1 fully saturated rings. The molecule has 1 aliphatic rings. The minimum absolute atomic E-state index is 0.145. The molecular formula is C7H11N5O2. The predicted octanol–water partition coefficient (Wildman–Crippen LogP) is -1.67. The van der Waals surface area contributed by atoms with Crippen molar-refractivity contribution in [1.82, 2.24) is 25.8 Å². The topological polar surface area (TPSA) is 81.1 Å². The summed E-state index contributed by atoms with van der Waals surface area (Å²) in [6.45, 7) is 0.856. The Labute approximate surface area is 80.4 Å². The Morgan fingerprint density at radius 1 is 1.86 bits per heavy atom. The smallest absolute Gasteiger partial charge is 0.263 e. The molecule has 2 rings (SSSR count). The third kappa shape index (κ3) is 1.88. The number of amides is 1. The number of aromatic nitrogens is 3. The summed E-state index contributed by atoms with van der Waals surface area (Å²) in [5, 5.41) is 11.0. The van der Waals surface area contributed by atoms with Crippen molar-refractivity contribution in [2.45, 2.75) is 12.6 Å². The van der Waals surface area contributed by atoms with Gasteiger partial charge in [-0.05, 0) is 0 Å². The van der Waals surface area contributed by atoms with E-state index in [0.29, 0.717) is 13.2 Å². The molecule has 0 saturated carbocycles. The van der Waals surface area contributed by atoms with Crippen molar-refractivity contribution >= 4 is 5.91 Å². The Bertz CT molecular complexity index is 337. The molecule has 1 amide bonds. The Morgan fingerprint density at radius 2 is 2.71 bits per heavy atom. The summed E-state index contributed by atoms with van der Waals surface area (Å²) in [5.41, 5.74) is 3.07. The highest BCUT2D eigenvalue weighted by Crippen LogP contribution is 1.96. The van der Waals surface area contributed by atoms with Gasteiger partial charge < -0.3 is 0 Å². The number of nitrogens with one attached hydrogen (secondary N) is 2. The fourth-order valence-electron chi connectivity index (χ4n) is 1.19. The molecule has 1 saturated heterocycles. The molecule has 2 heterocycles. The van der Waals surface area contributed by atoms with E-state index >= 15 is 0 Å². The molecule has 0 spiro atoms. The summed E-state index contributed by atoms with van der Waals surface area (Å²) in [6, 6.07) is -0.294. The zero-order chi connectivity index (χ0) is 9.97. The van der Waals surface area contributed by atoms with E-state index in [0.717, 1.165) is 5.69 Å². The summed E-state index contributed by atoms with van der Waals surface area (Å²) >= 11 is 0.